The standard InChI is InChI=1S/C26H33NO/c1-17-9-11-25(2)19(13-17)5-6-21-23-8-7-22(26(23,3)12-10-24(21)25)18-14-20(28-4)16-27-15-18/h5,7-8,14-17,21,24H,6,9-13H2,1-4H3/t17-,21-,24-,25-,26+/m0/s1. The predicted octanol–water partition coefficient (Wildman–Crippen LogP) is 6.60. The highest BCUT2D eigenvalue weighted by Gasteiger charge is 2.54. The quantitative estimate of drug-likeness (QED) is 0.543. The summed E-state index contributed by atoms with van der Waals surface area (Å²) in [5.74, 6) is 3.23. The van der Waals surface area contributed by atoms with Gasteiger partial charge in [-0.05, 0) is 73.3 Å². The minimum Gasteiger partial charge on any atom is -0.495 e. The van der Waals surface area contributed by atoms with E-state index in [4.69, 9.17) is 4.74 Å². The average molecular weight is 376 g/mol. The fraction of sp³-hybridized carbons (Fsp3) is 0.577. The molecule has 0 N–H and O–H groups in total. The Morgan fingerprint density at radius 1 is 1.11 bits per heavy atom. The fourth-order valence-electron chi connectivity index (χ4n) is 6.94. The Hall–Kier alpha value is -1.83. The van der Waals surface area contributed by atoms with E-state index in [1.165, 1.54) is 49.7 Å². The van der Waals surface area contributed by atoms with E-state index in [0.717, 1.165) is 17.6 Å². The number of aromatic nitrogens is 1. The number of hydrogen-bond acceptors (Lipinski definition) is 2. The second kappa shape index (κ2) is 6.34. The maximum Gasteiger partial charge on any atom is 0.137 e. The Morgan fingerprint density at radius 3 is 2.79 bits per heavy atom. The fourth-order valence-corrected chi connectivity index (χ4v) is 6.94. The van der Waals surface area contributed by atoms with Gasteiger partial charge in [-0.3, -0.25) is 4.98 Å². The van der Waals surface area contributed by atoms with Crippen molar-refractivity contribution in [2.24, 2.45) is 28.6 Å². The normalized spacial score (nSPS) is 39.1. The molecule has 1 aromatic rings. The third kappa shape index (κ3) is 2.49. The average Bonchev–Trinajstić information content (AvgIpc) is 3.06. The lowest BCUT2D eigenvalue weighted by atomic mass is 9.48. The number of fused-ring (bicyclic) bond motifs is 5. The molecule has 1 heterocycles. The van der Waals surface area contributed by atoms with Crippen LogP contribution in [0.25, 0.3) is 5.57 Å². The van der Waals surface area contributed by atoms with E-state index in [1.807, 2.05) is 6.20 Å². The summed E-state index contributed by atoms with van der Waals surface area (Å²) in [6, 6.07) is 2.15. The molecule has 4 aliphatic rings. The summed E-state index contributed by atoms with van der Waals surface area (Å²) in [7, 11) is 1.72. The molecule has 148 valence electrons. The first-order valence-corrected chi connectivity index (χ1v) is 11.1. The largest absolute Gasteiger partial charge is 0.495 e. The van der Waals surface area contributed by atoms with Crippen LogP contribution in [0.3, 0.4) is 0 Å². The second-order valence-corrected chi connectivity index (χ2v) is 10.1. The molecule has 0 aromatic carbocycles. The zero-order valence-corrected chi connectivity index (χ0v) is 17.8. The first-order valence-electron chi connectivity index (χ1n) is 11.1. The van der Waals surface area contributed by atoms with Gasteiger partial charge in [-0.15, -0.1) is 0 Å². The zero-order chi connectivity index (χ0) is 19.5. The minimum absolute atomic E-state index is 0.152. The van der Waals surface area contributed by atoms with Gasteiger partial charge in [0.1, 0.15) is 5.75 Å². The molecule has 5 rings (SSSR count). The number of hydrogen-bond donors (Lipinski definition) is 0. The van der Waals surface area contributed by atoms with Crippen molar-refractivity contribution in [3.8, 4) is 5.75 Å². The molecule has 0 saturated heterocycles. The highest BCUT2D eigenvalue weighted by molar-refractivity contribution is 5.78. The van der Waals surface area contributed by atoms with Gasteiger partial charge in [-0.2, -0.15) is 0 Å². The van der Waals surface area contributed by atoms with Crippen LogP contribution in [0.5, 0.6) is 5.75 Å². The van der Waals surface area contributed by atoms with Crippen LogP contribution in [0.4, 0.5) is 0 Å². The van der Waals surface area contributed by atoms with E-state index in [-0.39, 0.29) is 5.41 Å². The van der Waals surface area contributed by atoms with E-state index < -0.39 is 0 Å². The van der Waals surface area contributed by atoms with Gasteiger partial charge in [0, 0.05) is 17.2 Å². The highest BCUT2D eigenvalue weighted by Crippen LogP contribution is 2.65. The Bertz CT molecular complexity index is 893. The van der Waals surface area contributed by atoms with Crippen LogP contribution in [0, 0.1) is 28.6 Å². The summed E-state index contributed by atoms with van der Waals surface area (Å²) < 4.78 is 5.44. The number of ether oxygens (including phenoxy) is 1. The summed E-state index contributed by atoms with van der Waals surface area (Å²) >= 11 is 0. The molecular weight excluding hydrogens is 342 g/mol. The lowest BCUT2D eigenvalue weighted by Gasteiger charge is -2.56. The second-order valence-electron chi connectivity index (χ2n) is 10.1. The van der Waals surface area contributed by atoms with Crippen LogP contribution in [-0.4, -0.2) is 12.1 Å². The lowest BCUT2D eigenvalue weighted by molar-refractivity contribution is 0.0682. The van der Waals surface area contributed by atoms with Crippen molar-refractivity contribution in [3.05, 3.63) is 53.4 Å². The molecule has 28 heavy (non-hydrogen) atoms. The molecular formula is C26H33NO. The summed E-state index contributed by atoms with van der Waals surface area (Å²) in [4.78, 5) is 4.42. The summed E-state index contributed by atoms with van der Waals surface area (Å²) in [6.45, 7) is 7.49. The van der Waals surface area contributed by atoms with Crippen molar-refractivity contribution < 1.29 is 4.74 Å². The summed E-state index contributed by atoms with van der Waals surface area (Å²) in [5, 5.41) is 0. The molecule has 1 aromatic heterocycles. The Morgan fingerprint density at radius 2 is 1.96 bits per heavy atom. The molecule has 0 radical (unpaired) electrons. The van der Waals surface area contributed by atoms with Crippen LogP contribution in [0.1, 0.15) is 64.9 Å². The molecule has 0 unspecified atom stereocenters. The molecule has 0 aliphatic heterocycles. The third-order valence-corrected chi connectivity index (χ3v) is 8.66. The van der Waals surface area contributed by atoms with Crippen molar-refractivity contribution in [3.63, 3.8) is 0 Å². The van der Waals surface area contributed by atoms with Crippen molar-refractivity contribution in [2.45, 2.75) is 59.3 Å². The summed E-state index contributed by atoms with van der Waals surface area (Å²) in [5.41, 5.74) is 6.69. The number of pyridine rings is 1. The van der Waals surface area contributed by atoms with Crippen molar-refractivity contribution >= 4 is 5.57 Å². The smallest absolute Gasteiger partial charge is 0.137 e. The zero-order valence-electron chi connectivity index (χ0n) is 17.8. The first kappa shape index (κ1) is 18.2. The SMILES string of the molecule is COc1cncc(C2=CC=C3[C@@H]4CC=C5C[C@@H](C)CC[C@]5(C)[C@H]4CC[C@]23C)c1. The van der Waals surface area contributed by atoms with Gasteiger partial charge in [0.05, 0.1) is 13.3 Å². The topological polar surface area (TPSA) is 22.1 Å². The maximum atomic E-state index is 5.44. The minimum atomic E-state index is 0.152. The van der Waals surface area contributed by atoms with Crippen LogP contribution >= 0.6 is 0 Å². The molecule has 0 bridgehead atoms. The van der Waals surface area contributed by atoms with Gasteiger partial charge in [-0.25, -0.2) is 0 Å². The lowest BCUT2D eigenvalue weighted by Crippen LogP contribution is -2.46. The maximum absolute atomic E-state index is 5.44. The molecule has 4 aliphatic carbocycles. The number of nitrogens with zero attached hydrogens (tertiary/aromatic N) is 1. The van der Waals surface area contributed by atoms with Gasteiger partial charge < -0.3 is 4.74 Å². The number of rotatable bonds is 2. The van der Waals surface area contributed by atoms with E-state index in [0.29, 0.717) is 11.3 Å². The molecule has 2 nitrogen and oxygen atoms in total. The van der Waals surface area contributed by atoms with Crippen LogP contribution < -0.4 is 4.74 Å². The Labute approximate surface area is 169 Å². The predicted molar refractivity (Wildman–Crippen MR) is 115 cm³/mol. The van der Waals surface area contributed by atoms with Gasteiger partial charge in [0.2, 0.25) is 0 Å². The van der Waals surface area contributed by atoms with Crippen LogP contribution in [-0.2, 0) is 0 Å². The van der Waals surface area contributed by atoms with Crippen molar-refractivity contribution in [1.29, 1.82) is 0 Å². The van der Waals surface area contributed by atoms with E-state index in [2.05, 4.69) is 50.0 Å². The van der Waals surface area contributed by atoms with Crippen molar-refractivity contribution in [1.82, 2.24) is 4.98 Å². The van der Waals surface area contributed by atoms with E-state index in [9.17, 15) is 0 Å². The number of methoxy groups -OCH3 is 1. The van der Waals surface area contributed by atoms with Gasteiger partial charge in [-0.1, -0.05) is 50.1 Å². The number of allylic oxidation sites excluding steroid dienone is 6. The molecule has 2 saturated carbocycles. The van der Waals surface area contributed by atoms with Gasteiger partial charge in [0.25, 0.3) is 0 Å². The highest BCUT2D eigenvalue weighted by atomic mass is 16.5. The molecule has 0 spiro atoms. The first-order chi connectivity index (χ1) is 13.5. The molecule has 0 amide bonds. The van der Waals surface area contributed by atoms with E-state index >= 15 is 0 Å². The van der Waals surface area contributed by atoms with Crippen molar-refractivity contribution in [2.75, 3.05) is 7.11 Å². The molecule has 2 heteroatoms. The van der Waals surface area contributed by atoms with Gasteiger partial charge >= 0.3 is 0 Å². The molecule has 2 fully saturated rings. The van der Waals surface area contributed by atoms with Crippen LogP contribution in [0.15, 0.2) is 47.8 Å². The third-order valence-electron chi connectivity index (χ3n) is 8.66. The Kier molecular flexibility index (Phi) is 4.12. The Balaban J connectivity index is 1.48. The summed E-state index contributed by atoms with van der Waals surface area (Å²) in [6.07, 6.45) is 19.2. The van der Waals surface area contributed by atoms with E-state index in [1.54, 1.807) is 24.5 Å². The monoisotopic (exact) mass is 375 g/mol. The molecule has 5 atom stereocenters. The van der Waals surface area contributed by atoms with Crippen LogP contribution in [0.2, 0.25) is 0 Å². The van der Waals surface area contributed by atoms with Gasteiger partial charge in [0.15, 0.2) is 0 Å².